The number of nitrogens with zero attached hydrogens (tertiary/aromatic N) is 4. The average molecular weight is 538 g/mol. The van der Waals surface area contributed by atoms with Gasteiger partial charge >= 0.3 is 12.2 Å². The third-order valence-corrected chi connectivity index (χ3v) is 5.46. The van der Waals surface area contributed by atoms with Crippen LogP contribution in [-0.4, -0.2) is 73.2 Å². The number of cyclic esters (lactones) is 1. The fourth-order valence-corrected chi connectivity index (χ4v) is 3.75. The van der Waals surface area contributed by atoms with Gasteiger partial charge in [0.1, 0.15) is 24.8 Å². The van der Waals surface area contributed by atoms with E-state index in [-0.39, 0.29) is 18.9 Å². The van der Waals surface area contributed by atoms with Crippen LogP contribution >= 0.6 is 34.8 Å². The summed E-state index contributed by atoms with van der Waals surface area (Å²) in [5, 5.41) is 3.72. The summed E-state index contributed by atoms with van der Waals surface area (Å²) in [6.07, 6.45) is -1.07. The Balaban J connectivity index is 1.44. The molecule has 0 saturated carbocycles. The quantitative estimate of drug-likeness (QED) is 0.510. The highest BCUT2D eigenvalue weighted by atomic mass is 35.6. The van der Waals surface area contributed by atoms with E-state index in [1.807, 2.05) is 4.90 Å². The minimum Gasteiger partial charge on any atom is -0.445 e. The normalized spacial score (nSPS) is 18.7. The molecule has 0 spiro atoms. The Morgan fingerprint density at radius 2 is 2.03 bits per heavy atom. The molecule has 2 aliphatic heterocycles. The molecule has 0 aliphatic carbocycles. The number of carbonyl (C=O) groups excluding carboxylic acids is 2. The number of anilines is 3. The van der Waals surface area contributed by atoms with Crippen molar-refractivity contribution < 1.29 is 32.7 Å². The van der Waals surface area contributed by atoms with Crippen molar-refractivity contribution in [1.29, 1.82) is 0 Å². The zero-order valence-electron chi connectivity index (χ0n) is 17.7. The molecular weight excluding hydrogens is 518 g/mol. The Morgan fingerprint density at radius 3 is 2.68 bits per heavy atom. The molecular formula is C20H20Cl3FN4O6. The first-order valence-corrected chi connectivity index (χ1v) is 11.4. The summed E-state index contributed by atoms with van der Waals surface area (Å²) in [5.74, 6) is -0.347. The van der Waals surface area contributed by atoms with Crippen LogP contribution in [0.2, 0.25) is 0 Å². The van der Waals surface area contributed by atoms with E-state index in [1.54, 1.807) is 12.1 Å². The van der Waals surface area contributed by atoms with E-state index >= 15 is 0 Å². The highest BCUT2D eigenvalue weighted by Crippen LogP contribution is 2.30. The molecule has 2 fully saturated rings. The summed E-state index contributed by atoms with van der Waals surface area (Å²) < 4.78 is 33.5. The van der Waals surface area contributed by atoms with Crippen LogP contribution in [0.3, 0.4) is 0 Å². The molecule has 0 radical (unpaired) electrons. The zero-order chi connectivity index (χ0) is 24.3. The number of hydrogen-bond acceptors (Lipinski definition) is 8. The zero-order valence-corrected chi connectivity index (χ0v) is 19.9. The summed E-state index contributed by atoms with van der Waals surface area (Å²) >= 11 is 16.9. The van der Waals surface area contributed by atoms with Gasteiger partial charge in [0, 0.05) is 19.2 Å². The number of alkyl halides is 3. The van der Waals surface area contributed by atoms with E-state index in [4.69, 9.17) is 53.5 Å². The SMILES string of the molecule is O=C1OC(CN(C(=O)OCC(Cl)(Cl)Cl)c2ccon2)CN1c1ccc(N2CCOCC2)c(F)c1. The van der Waals surface area contributed by atoms with Gasteiger partial charge in [-0.05, 0) is 18.2 Å². The van der Waals surface area contributed by atoms with Gasteiger partial charge in [0.15, 0.2) is 5.82 Å². The van der Waals surface area contributed by atoms with Crippen LogP contribution in [0.15, 0.2) is 35.1 Å². The van der Waals surface area contributed by atoms with Crippen LogP contribution in [0.4, 0.5) is 31.2 Å². The highest BCUT2D eigenvalue weighted by molar-refractivity contribution is 6.67. The van der Waals surface area contributed by atoms with Gasteiger partial charge in [-0.1, -0.05) is 40.0 Å². The molecule has 4 rings (SSSR count). The van der Waals surface area contributed by atoms with Gasteiger partial charge in [-0.25, -0.2) is 14.0 Å². The minimum atomic E-state index is -1.81. The van der Waals surface area contributed by atoms with Crippen molar-refractivity contribution in [3.8, 4) is 0 Å². The van der Waals surface area contributed by atoms with Crippen molar-refractivity contribution in [2.24, 2.45) is 0 Å². The predicted molar refractivity (Wildman–Crippen MR) is 123 cm³/mol. The highest BCUT2D eigenvalue weighted by Gasteiger charge is 2.37. The molecule has 14 heteroatoms. The number of benzene rings is 1. The maximum absolute atomic E-state index is 14.8. The molecule has 1 aromatic heterocycles. The molecule has 1 atom stereocenters. The van der Waals surface area contributed by atoms with E-state index in [0.29, 0.717) is 37.7 Å². The van der Waals surface area contributed by atoms with Crippen LogP contribution in [0, 0.1) is 5.82 Å². The summed E-state index contributed by atoms with van der Waals surface area (Å²) in [4.78, 5) is 29.3. The van der Waals surface area contributed by atoms with Crippen LogP contribution in [0.1, 0.15) is 0 Å². The Kier molecular flexibility index (Phi) is 7.56. The Morgan fingerprint density at radius 1 is 1.26 bits per heavy atom. The molecule has 1 unspecified atom stereocenters. The Bertz CT molecular complexity index is 1020. The monoisotopic (exact) mass is 536 g/mol. The number of ether oxygens (including phenoxy) is 3. The first-order chi connectivity index (χ1) is 16.2. The number of morpholine rings is 1. The van der Waals surface area contributed by atoms with Gasteiger partial charge in [0.2, 0.25) is 3.79 Å². The van der Waals surface area contributed by atoms with E-state index < -0.39 is 34.5 Å². The van der Waals surface area contributed by atoms with Gasteiger partial charge in [0.25, 0.3) is 0 Å². The third kappa shape index (κ3) is 5.96. The number of rotatable bonds is 6. The van der Waals surface area contributed by atoms with Crippen molar-refractivity contribution in [1.82, 2.24) is 5.16 Å². The van der Waals surface area contributed by atoms with Crippen molar-refractivity contribution in [3.63, 3.8) is 0 Å². The molecule has 0 N–H and O–H groups in total. The summed E-state index contributed by atoms with van der Waals surface area (Å²) in [6, 6.07) is 5.96. The second-order valence-electron chi connectivity index (χ2n) is 7.49. The lowest BCUT2D eigenvalue weighted by Gasteiger charge is -2.29. The fraction of sp³-hybridized carbons (Fsp3) is 0.450. The van der Waals surface area contributed by atoms with Crippen LogP contribution < -0.4 is 14.7 Å². The summed E-state index contributed by atoms with van der Waals surface area (Å²) in [7, 11) is 0. The van der Waals surface area contributed by atoms with Crippen LogP contribution in [0.5, 0.6) is 0 Å². The first-order valence-electron chi connectivity index (χ1n) is 10.2. The molecule has 2 aliphatic rings. The molecule has 3 heterocycles. The molecule has 1 aromatic carbocycles. The largest absolute Gasteiger partial charge is 0.445 e. The van der Waals surface area contributed by atoms with Crippen LogP contribution in [0.25, 0.3) is 0 Å². The Hall–Kier alpha value is -2.47. The average Bonchev–Trinajstić information content (AvgIpc) is 3.45. The lowest BCUT2D eigenvalue weighted by atomic mass is 10.2. The van der Waals surface area contributed by atoms with Crippen molar-refractivity contribution in [2.75, 3.05) is 60.7 Å². The number of amides is 2. The lowest BCUT2D eigenvalue weighted by Crippen LogP contribution is -2.40. The summed E-state index contributed by atoms with van der Waals surface area (Å²) in [6.45, 7) is 1.63. The van der Waals surface area contributed by atoms with E-state index in [9.17, 15) is 14.0 Å². The molecule has 2 amide bonds. The van der Waals surface area contributed by atoms with E-state index in [2.05, 4.69) is 5.16 Å². The maximum atomic E-state index is 14.8. The maximum Gasteiger partial charge on any atom is 0.415 e. The van der Waals surface area contributed by atoms with Gasteiger partial charge in [0.05, 0.1) is 37.7 Å². The molecule has 0 bridgehead atoms. The molecule has 10 nitrogen and oxygen atoms in total. The fourth-order valence-electron chi connectivity index (χ4n) is 3.58. The van der Waals surface area contributed by atoms with Crippen molar-refractivity contribution in [2.45, 2.75) is 9.90 Å². The van der Waals surface area contributed by atoms with Crippen molar-refractivity contribution >= 4 is 64.2 Å². The first kappa shape index (κ1) is 24.6. The molecule has 2 aromatic rings. The second kappa shape index (κ2) is 10.4. The smallest absolute Gasteiger partial charge is 0.415 e. The van der Waals surface area contributed by atoms with Crippen LogP contribution in [-0.2, 0) is 14.2 Å². The molecule has 184 valence electrons. The topological polar surface area (TPSA) is 97.6 Å². The Labute approximate surface area is 208 Å². The van der Waals surface area contributed by atoms with Gasteiger partial charge in [-0.3, -0.25) is 9.80 Å². The number of hydrogen-bond donors (Lipinski definition) is 0. The number of aromatic nitrogens is 1. The number of carbonyl (C=O) groups is 2. The number of halogens is 4. The summed E-state index contributed by atoms with van der Waals surface area (Å²) in [5.41, 5.74) is 0.763. The molecule has 34 heavy (non-hydrogen) atoms. The minimum absolute atomic E-state index is 0.0568. The third-order valence-electron chi connectivity index (χ3n) is 5.14. The lowest BCUT2D eigenvalue weighted by molar-refractivity contribution is 0.122. The molecule has 2 saturated heterocycles. The standard InChI is InChI=1S/C20H20Cl3FN4O6/c21-20(22,23)12-32-18(29)28(17-3-6-33-25-17)11-14-10-27(19(30)34-14)13-1-2-16(15(24)9-13)26-4-7-31-8-5-26/h1-3,6,9,14H,4-5,7-8,10-12H2. The van der Waals surface area contributed by atoms with E-state index in [1.165, 1.54) is 23.3 Å². The van der Waals surface area contributed by atoms with Crippen molar-refractivity contribution in [3.05, 3.63) is 36.3 Å². The predicted octanol–water partition coefficient (Wildman–Crippen LogP) is 3.99. The van der Waals surface area contributed by atoms with Gasteiger partial charge in [-0.15, -0.1) is 0 Å². The second-order valence-corrected chi connectivity index (χ2v) is 10.0. The van der Waals surface area contributed by atoms with Gasteiger partial charge < -0.3 is 23.6 Å². The van der Waals surface area contributed by atoms with Gasteiger partial charge in [-0.2, -0.15) is 0 Å². The van der Waals surface area contributed by atoms with E-state index in [0.717, 1.165) is 4.90 Å².